The van der Waals surface area contributed by atoms with E-state index in [2.05, 4.69) is 10.4 Å². The van der Waals surface area contributed by atoms with E-state index in [1.54, 1.807) is 19.3 Å². The molecule has 0 aromatic carbocycles. The summed E-state index contributed by atoms with van der Waals surface area (Å²) in [6.45, 7) is 1.98. The number of carbonyl (C=O) groups is 1. The van der Waals surface area contributed by atoms with E-state index in [-0.39, 0.29) is 11.9 Å². The minimum atomic E-state index is -0.127. The molecule has 0 aliphatic rings. The molecule has 1 N–H and O–H groups in total. The number of amides is 1. The highest BCUT2D eigenvalue weighted by molar-refractivity contribution is 6.18. The minimum Gasteiger partial charge on any atom is -0.347 e. The molecule has 1 heterocycles. The van der Waals surface area contributed by atoms with Gasteiger partial charge >= 0.3 is 0 Å². The first kappa shape index (κ1) is 11.0. The lowest BCUT2D eigenvalue weighted by molar-refractivity contribution is 0.0930. The van der Waals surface area contributed by atoms with Gasteiger partial charge in [-0.25, -0.2) is 0 Å². The Kier molecular flexibility index (Phi) is 3.95. The van der Waals surface area contributed by atoms with Crippen molar-refractivity contribution in [2.24, 2.45) is 7.05 Å². The van der Waals surface area contributed by atoms with E-state index in [1.807, 2.05) is 6.92 Å². The first-order valence-corrected chi connectivity index (χ1v) is 5.07. The molecule has 0 bridgehead atoms. The Labute approximate surface area is 88.2 Å². The molecular formula is C9H14ClN3O. The van der Waals surface area contributed by atoms with Gasteiger partial charge in [0.2, 0.25) is 0 Å². The fourth-order valence-corrected chi connectivity index (χ4v) is 1.40. The Hall–Kier alpha value is -1.03. The smallest absolute Gasteiger partial charge is 0.269 e. The molecule has 1 aromatic rings. The van der Waals surface area contributed by atoms with Gasteiger partial charge in [-0.3, -0.25) is 9.48 Å². The van der Waals surface area contributed by atoms with Crippen LogP contribution in [0, 0.1) is 0 Å². The molecule has 1 aromatic heterocycles. The van der Waals surface area contributed by atoms with Crippen molar-refractivity contribution in [1.82, 2.24) is 15.1 Å². The Bertz CT molecular complexity index is 307. The third-order valence-electron chi connectivity index (χ3n) is 2.07. The quantitative estimate of drug-likeness (QED) is 0.767. The molecule has 0 fully saturated rings. The molecule has 1 atom stereocenters. The summed E-state index contributed by atoms with van der Waals surface area (Å²) in [5.41, 5.74) is 0.550. The third kappa shape index (κ3) is 2.48. The molecule has 0 saturated carbocycles. The van der Waals surface area contributed by atoms with Crippen LogP contribution in [0.4, 0.5) is 0 Å². The van der Waals surface area contributed by atoms with E-state index in [9.17, 15) is 4.79 Å². The van der Waals surface area contributed by atoms with E-state index in [4.69, 9.17) is 11.6 Å². The van der Waals surface area contributed by atoms with E-state index in [0.717, 1.165) is 6.42 Å². The zero-order valence-electron chi connectivity index (χ0n) is 8.33. The Morgan fingerprint density at radius 2 is 2.50 bits per heavy atom. The zero-order chi connectivity index (χ0) is 10.6. The van der Waals surface area contributed by atoms with Gasteiger partial charge in [-0.05, 0) is 12.5 Å². The maximum atomic E-state index is 11.6. The highest BCUT2D eigenvalue weighted by atomic mass is 35.5. The Morgan fingerprint density at radius 1 is 1.79 bits per heavy atom. The van der Waals surface area contributed by atoms with Crippen LogP contribution < -0.4 is 5.32 Å². The van der Waals surface area contributed by atoms with Crippen LogP contribution in [0.25, 0.3) is 0 Å². The van der Waals surface area contributed by atoms with Crippen LogP contribution in [-0.2, 0) is 7.05 Å². The normalized spacial score (nSPS) is 12.5. The van der Waals surface area contributed by atoms with Crippen molar-refractivity contribution >= 4 is 17.5 Å². The number of aromatic nitrogens is 2. The number of alkyl halides is 1. The molecule has 0 saturated heterocycles. The van der Waals surface area contributed by atoms with Crippen LogP contribution in [0.1, 0.15) is 23.8 Å². The van der Waals surface area contributed by atoms with E-state index < -0.39 is 0 Å². The lowest BCUT2D eigenvalue weighted by Crippen LogP contribution is -2.36. The first-order chi connectivity index (χ1) is 6.69. The van der Waals surface area contributed by atoms with Crippen molar-refractivity contribution in [3.8, 4) is 0 Å². The summed E-state index contributed by atoms with van der Waals surface area (Å²) in [5, 5.41) is 6.75. The fraction of sp³-hybridized carbons (Fsp3) is 0.556. The maximum absolute atomic E-state index is 11.6. The van der Waals surface area contributed by atoms with E-state index in [1.165, 1.54) is 4.68 Å². The largest absolute Gasteiger partial charge is 0.347 e. The summed E-state index contributed by atoms with van der Waals surface area (Å²) in [4.78, 5) is 11.6. The first-order valence-electron chi connectivity index (χ1n) is 4.53. The standard InChI is InChI=1S/C9H14ClN3O/c1-3-7(6-10)12-9(14)8-4-5-11-13(8)2/h4-5,7H,3,6H2,1-2H3,(H,12,14). The highest BCUT2D eigenvalue weighted by Crippen LogP contribution is 1.99. The van der Waals surface area contributed by atoms with Gasteiger partial charge in [-0.1, -0.05) is 6.92 Å². The highest BCUT2D eigenvalue weighted by Gasteiger charge is 2.13. The van der Waals surface area contributed by atoms with Crippen LogP contribution in [0.2, 0.25) is 0 Å². The predicted octanol–water partition coefficient (Wildman–Crippen LogP) is 1.17. The van der Waals surface area contributed by atoms with Crippen LogP contribution in [0.15, 0.2) is 12.3 Å². The van der Waals surface area contributed by atoms with Gasteiger partial charge in [0.05, 0.1) is 0 Å². The number of nitrogens with one attached hydrogen (secondary N) is 1. The molecule has 1 amide bonds. The third-order valence-corrected chi connectivity index (χ3v) is 2.44. The molecule has 0 radical (unpaired) electrons. The van der Waals surface area contributed by atoms with Gasteiger partial charge < -0.3 is 5.32 Å². The zero-order valence-corrected chi connectivity index (χ0v) is 9.08. The molecule has 1 unspecified atom stereocenters. The van der Waals surface area contributed by atoms with Crippen LogP contribution >= 0.6 is 11.6 Å². The molecule has 78 valence electrons. The number of halogens is 1. The summed E-state index contributed by atoms with van der Waals surface area (Å²) >= 11 is 5.68. The second-order valence-electron chi connectivity index (χ2n) is 3.07. The van der Waals surface area contributed by atoms with Gasteiger partial charge in [0.25, 0.3) is 5.91 Å². The van der Waals surface area contributed by atoms with Crippen molar-refractivity contribution in [2.45, 2.75) is 19.4 Å². The Morgan fingerprint density at radius 3 is 2.93 bits per heavy atom. The molecule has 14 heavy (non-hydrogen) atoms. The summed E-state index contributed by atoms with van der Waals surface area (Å²) in [6.07, 6.45) is 2.42. The van der Waals surface area contributed by atoms with Crippen LogP contribution in [-0.4, -0.2) is 27.6 Å². The van der Waals surface area contributed by atoms with Crippen LogP contribution in [0.3, 0.4) is 0 Å². The van der Waals surface area contributed by atoms with Gasteiger partial charge in [0.1, 0.15) is 5.69 Å². The van der Waals surface area contributed by atoms with E-state index >= 15 is 0 Å². The average molecular weight is 216 g/mol. The molecule has 5 heteroatoms. The maximum Gasteiger partial charge on any atom is 0.269 e. The Balaban J connectivity index is 2.63. The number of carbonyl (C=O) groups excluding carboxylic acids is 1. The lowest BCUT2D eigenvalue weighted by Gasteiger charge is -2.13. The number of hydrogen-bond acceptors (Lipinski definition) is 2. The van der Waals surface area contributed by atoms with Crippen molar-refractivity contribution in [3.63, 3.8) is 0 Å². The number of nitrogens with zero attached hydrogens (tertiary/aromatic N) is 2. The van der Waals surface area contributed by atoms with Crippen molar-refractivity contribution in [2.75, 3.05) is 5.88 Å². The lowest BCUT2D eigenvalue weighted by atomic mass is 10.2. The average Bonchev–Trinajstić information content (AvgIpc) is 2.60. The number of aryl methyl sites for hydroxylation is 1. The van der Waals surface area contributed by atoms with Gasteiger partial charge in [0.15, 0.2) is 0 Å². The SMILES string of the molecule is CCC(CCl)NC(=O)c1ccnn1C. The number of hydrogen-bond donors (Lipinski definition) is 1. The molecule has 0 spiro atoms. The summed E-state index contributed by atoms with van der Waals surface area (Å²) < 4.78 is 1.54. The second kappa shape index (κ2) is 5.00. The van der Waals surface area contributed by atoms with Gasteiger partial charge in [-0.15, -0.1) is 11.6 Å². The minimum absolute atomic E-state index is 0.0269. The van der Waals surface area contributed by atoms with Crippen LogP contribution in [0.5, 0.6) is 0 Å². The molecule has 1 rings (SSSR count). The van der Waals surface area contributed by atoms with Gasteiger partial charge in [-0.2, -0.15) is 5.10 Å². The van der Waals surface area contributed by atoms with Crippen molar-refractivity contribution in [3.05, 3.63) is 18.0 Å². The fourth-order valence-electron chi connectivity index (χ4n) is 1.11. The monoisotopic (exact) mass is 215 g/mol. The molecule has 0 aliphatic heterocycles. The predicted molar refractivity (Wildman–Crippen MR) is 55.5 cm³/mol. The topological polar surface area (TPSA) is 46.9 Å². The van der Waals surface area contributed by atoms with E-state index in [0.29, 0.717) is 11.6 Å². The van der Waals surface area contributed by atoms with Gasteiger partial charge in [0, 0.05) is 25.2 Å². The molecular weight excluding hydrogens is 202 g/mol. The molecule has 0 aliphatic carbocycles. The summed E-state index contributed by atoms with van der Waals surface area (Å²) in [7, 11) is 1.73. The van der Waals surface area contributed by atoms with Crippen molar-refractivity contribution < 1.29 is 4.79 Å². The van der Waals surface area contributed by atoms with Crippen molar-refractivity contribution in [1.29, 1.82) is 0 Å². The summed E-state index contributed by atoms with van der Waals surface area (Å²) in [6, 6.07) is 1.70. The second-order valence-corrected chi connectivity index (χ2v) is 3.38. The molecule has 4 nitrogen and oxygen atoms in total. The summed E-state index contributed by atoms with van der Waals surface area (Å²) in [5.74, 6) is 0.303. The number of rotatable bonds is 4.